The summed E-state index contributed by atoms with van der Waals surface area (Å²) in [6.07, 6.45) is 5.64. The Labute approximate surface area is 165 Å². The molecule has 1 aliphatic rings. The fourth-order valence-corrected chi connectivity index (χ4v) is 3.56. The Balaban J connectivity index is 2.00. The third-order valence-electron chi connectivity index (χ3n) is 5.24. The van der Waals surface area contributed by atoms with Crippen LogP contribution in [0.15, 0.2) is 24.3 Å². The van der Waals surface area contributed by atoms with Crippen LogP contribution in [0.4, 0.5) is 9.18 Å². The average Bonchev–Trinajstić information content (AvgIpc) is 2.91. The number of carbonyl (C=O) groups is 3. The molecule has 0 aliphatic carbocycles. The summed E-state index contributed by atoms with van der Waals surface area (Å²) >= 11 is 0. The van der Waals surface area contributed by atoms with Gasteiger partial charge < -0.3 is 10.6 Å². The number of urea groups is 1. The van der Waals surface area contributed by atoms with E-state index in [4.69, 9.17) is 0 Å². The maximum Gasteiger partial charge on any atom is 0.325 e. The Morgan fingerprint density at radius 2 is 1.86 bits per heavy atom. The number of rotatable bonds is 10. The maximum atomic E-state index is 13.2. The van der Waals surface area contributed by atoms with Gasteiger partial charge in [0, 0.05) is 6.04 Å². The van der Waals surface area contributed by atoms with Gasteiger partial charge in [-0.15, -0.1) is 0 Å². The van der Waals surface area contributed by atoms with Crippen molar-refractivity contribution in [2.45, 2.75) is 70.9 Å². The molecule has 0 unspecified atom stereocenters. The van der Waals surface area contributed by atoms with E-state index in [1.165, 1.54) is 30.7 Å². The van der Waals surface area contributed by atoms with Crippen LogP contribution in [0.3, 0.4) is 0 Å². The first-order valence-corrected chi connectivity index (χ1v) is 10.0. The number of benzene rings is 1. The molecule has 7 heteroatoms. The van der Waals surface area contributed by atoms with E-state index in [2.05, 4.69) is 17.6 Å². The molecule has 28 heavy (non-hydrogen) atoms. The largest absolute Gasteiger partial charge is 0.352 e. The minimum atomic E-state index is -1.27. The number of hydrogen-bond acceptors (Lipinski definition) is 3. The third-order valence-corrected chi connectivity index (χ3v) is 5.24. The van der Waals surface area contributed by atoms with Crippen molar-refractivity contribution < 1.29 is 18.8 Å². The highest BCUT2D eigenvalue weighted by molar-refractivity contribution is 6.09. The van der Waals surface area contributed by atoms with Crippen LogP contribution in [-0.2, 0) is 15.1 Å². The second kappa shape index (κ2) is 9.66. The summed E-state index contributed by atoms with van der Waals surface area (Å²) in [5.74, 6) is -1.27. The second-order valence-corrected chi connectivity index (χ2v) is 7.41. The minimum Gasteiger partial charge on any atom is -0.352 e. The van der Waals surface area contributed by atoms with Crippen LogP contribution in [0.25, 0.3) is 0 Å². The molecular weight excluding hydrogens is 361 g/mol. The molecule has 0 aromatic heterocycles. The van der Waals surface area contributed by atoms with Crippen LogP contribution >= 0.6 is 0 Å². The summed E-state index contributed by atoms with van der Waals surface area (Å²) in [5, 5.41) is 5.55. The van der Waals surface area contributed by atoms with Crippen molar-refractivity contribution in [3.05, 3.63) is 35.6 Å². The molecule has 2 N–H and O–H groups in total. The highest BCUT2D eigenvalue weighted by Gasteiger charge is 2.51. The number of imide groups is 1. The predicted molar refractivity (Wildman–Crippen MR) is 105 cm³/mol. The quantitative estimate of drug-likeness (QED) is 0.474. The number of halogens is 1. The Hall–Kier alpha value is -2.44. The normalized spacial score (nSPS) is 20.2. The molecule has 1 saturated heterocycles. The van der Waals surface area contributed by atoms with E-state index in [-0.39, 0.29) is 18.5 Å². The molecular formula is C21H30FN3O3. The molecule has 0 saturated carbocycles. The smallest absolute Gasteiger partial charge is 0.325 e. The molecule has 6 nitrogen and oxygen atoms in total. The van der Waals surface area contributed by atoms with Gasteiger partial charge in [0.25, 0.3) is 5.91 Å². The Morgan fingerprint density at radius 3 is 2.46 bits per heavy atom. The van der Waals surface area contributed by atoms with Crippen molar-refractivity contribution in [3.63, 3.8) is 0 Å². The molecule has 1 heterocycles. The SMILES string of the molecule is CCCCCC[C@H](C)NC(=O)CN1C(=O)N[C@@](CC)(c2ccc(F)cc2)C1=O. The van der Waals surface area contributed by atoms with Crippen LogP contribution in [0, 0.1) is 5.82 Å². The maximum absolute atomic E-state index is 13.2. The van der Waals surface area contributed by atoms with Crippen molar-refractivity contribution in [3.8, 4) is 0 Å². The van der Waals surface area contributed by atoms with E-state index in [9.17, 15) is 18.8 Å². The summed E-state index contributed by atoms with van der Waals surface area (Å²) in [6.45, 7) is 5.51. The van der Waals surface area contributed by atoms with Crippen molar-refractivity contribution in [1.82, 2.24) is 15.5 Å². The van der Waals surface area contributed by atoms with Crippen molar-refractivity contribution in [2.24, 2.45) is 0 Å². The van der Waals surface area contributed by atoms with Gasteiger partial charge in [-0.1, -0.05) is 51.7 Å². The standard InChI is InChI=1S/C21H30FN3O3/c1-4-6-7-8-9-15(3)23-18(26)14-25-19(27)21(5-2,24-20(25)28)16-10-12-17(22)13-11-16/h10-13,15H,4-9,14H2,1-3H3,(H,23,26)(H,24,28)/t15-,21-/m0/s1. The lowest BCUT2D eigenvalue weighted by atomic mass is 9.87. The number of hydrogen-bond donors (Lipinski definition) is 2. The van der Waals surface area contributed by atoms with E-state index in [1.54, 1.807) is 6.92 Å². The molecule has 0 bridgehead atoms. The zero-order valence-electron chi connectivity index (χ0n) is 16.9. The number of amides is 4. The monoisotopic (exact) mass is 391 g/mol. The van der Waals surface area contributed by atoms with E-state index in [0.29, 0.717) is 12.0 Å². The number of carbonyl (C=O) groups excluding carboxylic acids is 3. The first kappa shape index (κ1) is 21.9. The van der Waals surface area contributed by atoms with Crippen LogP contribution in [0.2, 0.25) is 0 Å². The zero-order valence-corrected chi connectivity index (χ0v) is 16.9. The molecule has 4 amide bonds. The highest BCUT2D eigenvalue weighted by Crippen LogP contribution is 2.32. The topological polar surface area (TPSA) is 78.5 Å². The first-order chi connectivity index (χ1) is 13.3. The lowest BCUT2D eigenvalue weighted by Crippen LogP contribution is -2.45. The molecule has 2 rings (SSSR count). The molecule has 0 spiro atoms. The summed E-state index contributed by atoms with van der Waals surface area (Å²) in [4.78, 5) is 38.7. The van der Waals surface area contributed by atoms with E-state index < -0.39 is 23.3 Å². The fourth-order valence-electron chi connectivity index (χ4n) is 3.56. The van der Waals surface area contributed by atoms with Gasteiger partial charge in [0.15, 0.2) is 0 Å². The zero-order chi connectivity index (χ0) is 20.7. The van der Waals surface area contributed by atoms with Crippen LogP contribution in [-0.4, -0.2) is 35.3 Å². The van der Waals surface area contributed by atoms with Crippen molar-refractivity contribution in [2.75, 3.05) is 6.54 Å². The van der Waals surface area contributed by atoms with Crippen LogP contribution in [0.5, 0.6) is 0 Å². The van der Waals surface area contributed by atoms with Gasteiger partial charge in [-0.2, -0.15) is 0 Å². The molecule has 1 aliphatic heterocycles. The van der Waals surface area contributed by atoms with Gasteiger partial charge in [-0.25, -0.2) is 9.18 Å². The molecule has 1 fully saturated rings. The lowest BCUT2D eigenvalue weighted by Gasteiger charge is -2.25. The Kier molecular flexibility index (Phi) is 7.54. The summed E-state index contributed by atoms with van der Waals surface area (Å²) in [7, 11) is 0. The Bertz CT molecular complexity index is 707. The third kappa shape index (κ3) is 4.88. The average molecular weight is 391 g/mol. The van der Waals surface area contributed by atoms with Crippen LogP contribution < -0.4 is 10.6 Å². The summed E-state index contributed by atoms with van der Waals surface area (Å²) < 4.78 is 13.2. The fraction of sp³-hybridized carbons (Fsp3) is 0.571. The van der Waals surface area contributed by atoms with E-state index in [0.717, 1.165) is 30.6 Å². The molecule has 154 valence electrons. The lowest BCUT2D eigenvalue weighted by molar-refractivity contribution is -0.135. The minimum absolute atomic E-state index is 0.0156. The predicted octanol–water partition coefficient (Wildman–Crippen LogP) is 3.46. The van der Waals surface area contributed by atoms with Crippen LogP contribution in [0.1, 0.15) is 64.9 Å². The number of nitrogens with zero attached hydrogens (tertiary/aromatic N) is 1. The molecule has 2 atom stereocenters. The van der Waals surface area contributed by atoms with Gasteiger partial charge in [0.05, 0.1) is 0 Å². The van der Waals surface area contributed by atoms with Gasteiger partial charge in [0.2, 0.25) is 5.91 Å². The summed E-state index contributed by atoms with van der Waals surface area (Å²) in [5.41, 5.74) is -0.765. The Morgan fingerprint density at radius 1 is 1.18 bits per heavy atom. The molecule has 0 radical (unpaired) electrons. The number of nitrogens with one attached hydrogen (secondary N) is 2. The van der Waals surface area contributed by atoms with Gasteiger partial charge in [0.1, 0.15) is 17.9 Å². The van der Waals surface area contributed by atoms with E-state index >= 15 is 0 Å². The first-order valence-electron chi connectivity index (χ1n) is 10.0. The van der Waals surface area contributed by atoms with Crippen molar-refractivity contribution in [1.29, 1.82) is 0 Å². The van der Waals surface area contributed by atoms with Gasteiger partial charge >= 0.3 is 6.03 Å². The summed E-state index contributed by atoms with van der Waals surface area (Å²) in [6, 6.07) is 4.85. The second-order valence-electron chi connectivity index (χ2n) is 7.41. The number of unbranched alkanes of at least 4 members (excludes halogenated alkanes) is 3. The highest BCUT2D eigenvalue weighted by atomic mass is 19.1. The molecule has 1 aromatic carbocycles. The van der Waals surface area contributed by atoms with Gasteiger partial charge in [-0.3, -0.25) is 14.5 Å². The van der Waals surface area contributed by atoms with E-state index in [1.807, 2.05) is 6.92 Å². The van der Waals surface area contributed by atoms with Crippen molar-refractivity contribution >= 4 is 17.8 Å². The molecule has 1 aromatic rings. The van der Waals surface area contributed by atoms with Gasteiger partial charge in [-0.05, 0) is 37.5 Å².